The number of carbonyl (C=O) groups excluding carboxylic acids is 1. The number of hydrogen-bond acceptors (Lipinski definition) is 4. The molecule has 64 heavy (non-hydrogen) atoms. The molecule has 5 heteroatoms. The Hall–Kier alpha value is -1.43. The molecule has 0 aliphatic rings. The zero-order chi connectivity index (χ0) is 46.5. The van der Waals surface area contributed by atoms with Gasteiger partial charge >= 0.3 is 0 Å². The van der Waals surface area contributed by atoms with Gasteiger partial charge in [0, 0.05) is 0 Å². The summed E-state index contributed by atoms with van der Waals surface area (Å²) in [5, 5.41) is 33.3. The monoisotopic (exact) mass is 900 g/mol. The predicted octanol–water partition coefficient (Wildman–Crippen LogP) is 17.8. The number of unbranched alkanes of at least 4 members (excludes halogenated alkanes) is 41. The summed E-state index contributed by atoms with van der Waals surface area (Å²) in [7, 11) is 0. The number of hydrogen-bond donors (Lipinski definition) is 4. The van der Waals surface area contributed by atoms with Gasteiger partial charge in [0.05, 0.1) is 18.8 Å². The van der Waals surface area contributed by atoms with Crippen molar-refractivity contribution in [3.05, 3.63) is 36.5 Å². The van der Waals surface area contributed by atoms with Gasteiger partial charge in [-0.1, -0.05) is 294 Å². The van der Waals surface area contributed by atoms with E-state index in [2.05, 4.69) is 43.5 Å². The molecule has 0 aromatic carbocycles. The minimum absolute atomic E-state index is 0.362. The van der Waals surface area contributed by atoms with Gasteiger partial charge in [-0.05, 0) is 51.4 Å². The normalized spacial score (nSPS) is 13.5. The van der Waals surface area contributed by atoms with Crippen molar-refractivity contribution in [3.63, 3.8) is 0 Å². The molecule has 4 N–H and O–H groups in total. The van der Waals surface area contributed by atoms with Crippen molar-refractivity contribution >= 4 is 5.91 Å². The highest BCUT2D eigenvalue weighted by molar-refractivity contribution is 5.80. The summed E-state index contributed by atoms with van der Waals surface area (Å²) in [6, 6.07) is -0.797. The number of amides is 1. The van der Waals surface area contributed by atoms with Crippen LogP contribution in [0.15, 0.2) is 36.5 Å². The number of allylic oxidation sites excluding steroid dienone is 5. The second kappa shape index (κ2) is 54.2. The van der Waals surface area contributed by atoms with Crippen molar-refractivity contribution in [2.75, 3.05) is 6.61 Å². The Bertz CT molecular complexity index is 993. The van der Waals surface area contributed by atoms with Crippen molar-refractivity contribution in [1.29, 1.82) is 0 Å². The van der Waals surface area contributed by atoms with Gasteiger partial charge in [0.2, 0.25) is 5.91 Å². The number of nitrogens with one attached hydrogen (secondary N) is 1. The molecule has 5 nitrogen and oxygen atoms in total. The molecular weight excluding hydrogens is 787 g/mol. The Morgan fingerprint density at radius 1 is 0.391 bits per heavy atom. The van der Waals surface area contributed by atoms with E-state index in [1.807, 2.05) is 6.08 Å². The molecule has 378 valence electrons. The fraction of sp³-hybridized carbons (Fsp3) is 0.881. The largest absolute Gasteiger partial charge is 0.394 e. The van der Waals surface area contributed by atoms with E-state index in [1.165, 1.54) is 250 Å². The van der Waals surface area contributed by atoms with E-state index >= 15 is 0 Å². The van der Waals surface area contributed by atoms with Crippen LogP contribution < -0.4 is 5.32 Å². The molecule has 3 atom stereocenters. The van der Waals surface area contributed by atoms with Gasteiger partial charge in [0.25, 0.3) is 0 Å². The van der Waals surface area contributed by atoms with Crippen molar-refractivity contribution in [2.24, 2.45) is 0 Å². The van der Waals surface area contributed by atoms with Crippen LogP contribution in [-0.4, -0.2) is 46.1 Å². The maximum atomic E-state index is 12.5. The molecule has 0 aromatic rings. The van der Waals surface area contributed by atoms with E-state index in [-0.39, 0.29) is 6.61 Å². The topological polar surface area (TPSA) is 89.8 Å². The first-order valence-corrected chi connectivity index (χ1v) is 28.8. The summed E-state index contributed by atoms with van der Waals surface area (Å²) in [5.74, 6) is -0.500. The van der Waals surface area contributed by atoms with E-state index < -0.39 is 24.2 Å². The summed E-state index contributed by atoms with van der Waals surface area (Å²) < 4.78 is 0. The quantitative estimate of drug-likeness (QED) is 0.0362. The molecular formula is C59H113NO4. The third-order valence-electron chi connectivity index (χ3n) is 13.5. The van der Waals surface area contributed by atoms with E-state index in [0.29, 0.717) is 6.42 Å². The van der Waals surface area contributed by atoms with E-state index in [4.69, 9.17) is 0 Å². The molecule has 0 aromatic heterocycles. The third kappa shape index (κ3) is 48.5. The first-order valence-electron chi connectivity index (χ1n) is 28.8. The van der Waals surface area contributed by atoms with Gasteiger partial charge in [-0.3, -0.25) is 4.79 Å². The molecule has 0 fully saturated rings. The van der Waals surface area contributed by atoms with E-state index in [9.17, 15) is 20.1 Å². The molecule has 0 bridgehead atoms. The number of carbonyl (C=O) groups is 1. The van der Waals surface area contributed by atoms with Crippen LogP contribution >= 0.6 is 0 Å². The minimum atomic E-state index is -1.10. The highest BCUT2D eigenvalue weighted by Gasteiger charge is 2.22. The fourth-order valence-electron chi connectivity index (χ4n) is 8.98. The van der Waals surface area contributed by atoms with Crippen LogP contribution in [-0.2, 0) is 4.79 Å². The smallest absolute Gasteiger partial charge is 0.249 e. The van der Waals surface area contributed by atoms with Crippen LogP contribution in [0.3, 0.4) is 0 Å². The summed E-state index contributed by atoms with van der Waals surface area (Å²) in [6.07, 6.45) is 70.9. The van der Waals surface area contributed by atoms with Gasteiger partial charge < -0.3 is 20.6 Å². The Balaban J connectivity index is 3.52. The van der Waals surface area contributed by atoms with Crippen LogP contribution in [0.2, 0.25) is 0 Å². The van der Waals surface area contributed by atoms with Crippen molar-refractivity contribution in [2.45, 2.75) is 327 Å². The lowest BCUT2D eigenvalue weighted by atomic mass is 10.0. The minimum Gasteiger partial charge on any atom is -0.394 e. The van der Waals surface area contributed by atoms with Crippen molar-refractivity contribution < 1.29 is 20.1 Å². The number of rotatable bonds is 53. The Morgan fingerprint density at radius 3 is 0.984 bits per heavy atom. The van der Waals surface area contributed by atoms with Crippen LogP contribution in [0.5, 0.6) is 0 Å². The molecule has 3 unspecified atom stereocenters. The predicted molar refractivity (Wildman–Crippen MR) is 282 cm³/mol. The molecule has 0 heterocycles. The van der Waals surface area contributed by atoms with Crippen molar-refractivity contribution in [3.8, 4) is 0 Å². The van der Waals surface area contributed by atoms with Gasteiger partial charge in [0.15, 0.2) is 0 Å². The number of aliphatic hydroxyl groups is 3. The summed E-state index contributed by atoms with van der Waals surface area (Å²) in [4.78, 5) is 12.5. The lowest BCUT2D eigenvalue weighted by Crippen LogP contribution is -2.48. The van der Waals surface area contributed by atoms with Crippen LogP contribution in [0.4, 0.5) is 0 Å². The second-order valence-corrected chi connectivity index (χ2v) is 19.9. The Kier molecular flexibility index (Phi) is 53.0. The summed E-state index contributed by atoms with van der Waals surface area (Å²) in [5.41, 5.74) is 0. The maximum Gasteiger partial charge on any atom is 0.249 e. The van der Waals surface area contributed by atoms with E-state index in [0.717, 1.165) is 38.5 Å². The molecule has 0 aliphatic carbocycles. The molecule has 0 aliphatic heterocycles. The fourth-order valence-corrected chi connectivity index (χ4v) is 8.98. The first-order chi connectivity index (χ1) is 31.6. The lowest BCUT2D eigenvalue weighted by Gasteiger charge is -2.21. The van der Waals surface area contributed by atoms with Crippen LogP contribution in [0, 0.1) is 0 Å². The Morgan fingerprint density at radius 2 is 0.672 bits per heavy atom. The second-order valence-electron chi connectivity index (χ2n) is 19.9. The average molecular weight is 901 g/mol. The molecule has 0 rings (SSSR count). The van der Waals surface area contributed by atoms with Gasteiger partial charge in [-0.2, -0.15) is 0 Å². The molecule has 0 saturated carbocycles. The molecule has 0 spiro atoms. The van der Waals surface area contributed by atoms with Crippen LogP contribution in [0.1, 0.15) is 309 Å². The number of aliphatic hydroxyl groups excluding tert-OH is 3. The van der Waals surface area contributed by atoms with Gasteiger partial charge in [-0.25, -0.2) is 0 Å². The first kappa shape index (κ1) is 62.6. The van der Waals surface area contributed by atoms with E-state index in [1.54, 1.807) is 6.08 Å². The SMILES string of the molecule is CCCCCCCCCCCCC/C=C\C/C=C\CCCCCCCCCCCCCCCCCCC(O)C(=O)NC(CO)C(O)/C=C/CCCCCCCCCCCCCCCC. The standard InChI is InChI=1S/C59H113NO4/c1-3-5-7-9-11-13-15-17-19-21-22-23-24-25-26-27-28-29-30-31-32-33-34-35-36-37-38-40-42-44-46-48-50-52-54-58(63)59(64)60-56(55-61)57(62)53-51-49-47-45-43-41-39-20-18-16-14-12-10-8-6-4-2/h24-25,27-28,51,53,56-58,61-63H,3-23,26,29-50,52,54-55H2,1-2H3,(H,60,64)/b25-24-,28-27-,53-51+. The lowest BCUT2D eigenvalue weighted by molar-refractivity contribution is -0.131. The summed E-state index contributed by atoms with van der Waals surface area (Å²) >= 11 is 0. The van der Waals surface area contributed by atoms with Crippen LogP contribution in [0.25, 0.3) is 0 Å². The Labute approximate surface area is 400 Å². The maximum absolute atomic E-state index is 12.5. The highest BCUT2D eigenvalue weighted by atomic mass is 16.3. The average Bonchev–Trinajstić information content (AvgIpc) is 3.30. The third-order valence-corrected chi connectivity index (χ3v) is 13.5. The van der Waals surface area contributed by atoms with Gasteiger partial charge in [0.1, 0.15) is 6.10 Å². The summed E-state index contributed by atoms with van der Waals surface area (Å²) in [6.45, 7) is 4.21. The molecule has 0 radical (unpaired) electrons. The zero-order valence-corrected chi connectivity index (χ0v) is 43.2. The highest BCUT2D eigenvalue weighted by Crippen LogP contribution is 2.17. The van der Waals surface area contributed by atoms with Gasteiger partial charge in [-0.15, -0.1) is 0 Å². The zero-order valence-electron chi connectivity index (χ0n) is 43.2. The van der Waals surface area contributed by atoms with Crippen molar-refractivity contribution in [1.82, 2.24) is 5.32 Å². The molecule has 1 amide bonds. The molecule has 0 saturated heterocycles.